The van der Waals surface area contributed by atoms with Crippen LogP contribution in [0.2, 0.25) is 0 Å². The highest BCUT2D eigenvalue weighted by molar-refractivity contribution is 7.10. The highest BCUT2D eigenvalue weighted by Crippen LogP contribution is 2.35. The Labute approximate surface area is 246 Å². The summed E-state index contributed by atoms with van der Waals surface area (Å²) in [7, 11) is 1.43. The molecular formula is C30H22N4O6S2. The number of amides is 1. The molecule has 1 amide bonds. The minimum atomic E-state index is -0.666. The standard InChI is InChI=1S/C30H22N4O6S2/c1-17-26(28(35)32-18-7-4-3-5-8-18)27(24-9-6-14-41-24)33-29(36)25(42-30(33)31-17)16-20-11-13-23(40-20)21-12-10-19(39-2)15-22(21)34(37)38/h3-16,27H,1-2H3,(H,32,35)/b25-16-/t27-/m1/s1. The molecule has 1 atom stereocenters. The number of nitro groups is 1. The number of nitrogens with zero attached hydrogens (tertiary/aromatic N) is 3. The van der Waals surface area contributed by atoms with Crippen LogP contribution in [0.15, 0.2) is 104 Å². The second-order valence-corrected chi connectivity index (χ2v) is 11.2. The zero-order chi connectivity index (χ0) is 29.4. The topological polar surface area (TPSA) is 129 Å². The van der Waals surface area contributed by atoms with E-state index < -0.39 is 11.0 Å². The number of carbonyl (C=O) groups is 1. The van der Waals surface area contributed by atoms with Gasteiger partial charge in [-0.1, -0.05) is 35.6 Å². The predicted octanol–water partition coefficient (Wildman–Crippen LogP) is 5.11. The summed E-state index contributed by atoms with van der Waals surface area (Å²) < 4.78 is 12.9. The first kappa shape index (κ1) is 27.1. The number of carbonyl (C=O) groups excluding carboxylic acids is 1. The molecule has 0 aliphatic carbocycles. The number of hydrogen-bond acceptors (Lipinski definition) is 9. The Balaban J connectivity index is 1.41. The van der Waals surface area contributed by atoms with Gasteiger partial charge in [-0.3, -0.25) is 24.3 Å². The van der Waals surface area contributed by atoms with Crippen LogP contribution >= 0.6 is 22.7 Å². The summed E-state index contributed by atoms with van der Waals surface area (Å²) in [5, 5.41) is 16.5. The van der Waals surface area contributed by atoms with E-state index in [1.165, 1.54) is 40.4 Å². The summed E-state index contributed by atoms with van der Waals surface area (Å²) in [6, 6.07) is 20.0. The second kappa shape index (κ2) is 11.1. The van der Waals surface area contributed by atoms with Gasteiger partial charge in [0, 0.05) is 16.6 Å². The molecule has 42 heavy (non-hydrogen) atoms. The summed E-state index contributed by atoms with van der Waals surface area (Å²) >= 11 is 2.63. The molecule has 0 radical (unpaired) electrons. The fourth-order valence-electron chi connectivity index (χ4n) is 4.75. The molecule has 0 unspecified atom stereocenters. The van der Waals surface area contributed by atoms with Crippen molar-refractivity contribution in [1.82, 2.24) is 4.57 Å². The van der Waals surface area contributed by atoms with Crippen molar-refractivity contribution in [3.63, 3.8) is 0 Å². The van der Waals surface area contributed by atoms with Crippen molar-refractivity contribution >= 4 is 46.0 Å². The molecule has 0 fully saturated rings. The normalized spacial score (nSPS) is 14.8. The average Bonchev–Trinajstić information content (AvgIpc) is 3.74. The number of anilines is 1. The Hall–Kier alpha value is -5.07. The van der Waals surface area contributed by atoms with Crippen molar-refractivity contribution in [2.75, 3.05) is 12.4 Å². The summed E-state index contributed by atoms with van der Waals surface area (Å²) in [5.74, 6) is 0.624. The number of methoxy groups -OCH3 is 1. The quantitative estimate of drug-likeness (QED) is 0.205. The fraction of sp³-hybridized carbons (Fsp3) is 0.100. The van der Waals surface area contributed by atoms with Crippen molar-refractivity contribution in [2.24, 2.45) is 4.99 Å². The maximum absolute atomic E-state index is 13.8. The first-order chi connectivity index (χ1) is 20.3. The number of fused-ring (bicyclic) bond motifs is 1. The van der Waals surface area contributed by atoms with Crippen LogP contribution in [0.3, 0.4) is 0 Å². The maximum atomic E-state index is 13.8. The Morgan fingerprint density at radius 3 is 2.67 bits per heavy atom. The van der Waals surface area contributed by atoms with E-state index in [0.717, 1.165) is 4.88 Å². The number of nitro benzene ring substituents is 1. The SMILES string of the molecule is COc1ccc(-c2ccc(/C=c3\sc4n(c3=O)[C@H](c3cccs3)C(C(=O)Nc3ccccc3)=C(C)N=4)o2)c([N+](=O)[O-])c1. The van der Waals surface area contributed by atoms with E-state index in [2.05, 4.69) is 10.3 Å². The molecule has 5 aromatic rings. The number of furan rings is 1. The third-order valence-corrected chi connectivity index (χ3v) is 8.59. The summed E-state index contributed by atoms with van der Waals surface area (Å²) in [6.45, 7) is 1.76. The molecular weight excluding hydrogens is 576 g/mol. The van der Waals surface area contributed by atoms with Gasteiger partial charge in [-0.25, -0.2) is 4.99 Å². The van der Waals surface area contributed by atoms with Crippen LogP contribution in [0.5, 0.6) is 5.75 Å². The number of allylic oxidation sites excluding steroid dienone is 1. The lowest BCUT2D eigenvalue weighted by atomic mass is 10.0. The van der Waals surface area contributed by atoms with E-state index in [0.29, 0.717) is 37.8 Å². The number of thiazole rings is 1. The van der Waals surface area contributed by atoms with Gasteiger partial charge in [0.2, 0.25) is 0 Å². The second-order valence-electron chi connectivity index (χ2n) is 9.26. The molecule has 0 spiro atoms. The van der Waals surface area contributed by atoms with Crippen LogP contribution < -0.4 is 24.9 Å². The van der Waals surface area contributed by atoms with Crippen LogP contribution in [0.1, 0.15) is 23.6 Å². The molecule has 10 nitrogen and oxygen atoms in total. The van der Waals surface area contributed by atoms with Gasteiger partial charge in [0.25, 0.3) is 17.2 Å². The van der Waals surface area contributed by atoms with E-state index >= 15 is 0 Å². The first-order valence-corrected chi connectivity index (χ1v) is 14.4. The molecule has 6 rings (SSSR count). The third kappa shape index (κ3) is 4.97. The number of thiophene rings is 1. The van der Waals surface area contributed by atoms with Gasteiger partial charge in [-0.15, -0.1) is 11.3 Å². The maximum Gasteiger partial charge on any atom is 0.284 e. The molecule has 0 bridgehead atoms. The van der Waals surface area contributed by atoms with Crippen molar-refractivity contribution in [3.8, 4) is 17.1 Å². The Bertz CT molecular complexity index is 2040. The monoisotopic (exact) mass is 598 g/mol. The highest BCUT2D eigenvalue weighted by Gasteiger charge is 2.33. The van der Waals surface area contributed by atoms with Crippen LogP contribution in [0.4, 0.5) is 11.4 Å². The van der Waals surface area contributed by atoms with Gasteiger partial charge in [0.05, 0.1) is 39.5 Å². The molecule has 12 heteroatoms. The largest absolute Gasteiger partial charge is 0.497 e. The number of benzene rings is 2. The predicted molar refractivity (Wildman–Crippen MR) is 161 cm³/mol. The molecule has 4 heterocycles. The number of para-hydroxylation sites is 1. The van der Waals surface area contributed by atoms with Gasteiger partial charge in [-0.2, -0.15) is 0 Å². The van der Waals surface area contributed by atoms with E-state index in [-0.39, 0.29) is 28.5 Å². The van der Waals surface area contributed by atoms with Crippen molar-refractivity contribution < 1.29 is 18.9 Å². The van der Waals surface area contributed by atoms with Crippen LogP contribution in [0, 0.1) is 10.1 Å². The van der Waals surface area contributed by atoms with E-state index in [9.17, 15) is 19.7 Å². The number of hydrogen-bond donors (Lipinski definition) is 1. The first-order valence-electron chi connectivity index (χ1n) is 12.7. The number of rotatable bonds is 7. The number of ether oxygens (including phenoxy) is 1. The molecule has 3 aromatic heterocycles. The van der Waals surface area contributed by atoms with E-state index in [1.807, 2.05) is 35.7 Å². The molecule has 0 saturated heterocycles. The van der Waals surface area contributed by atoms with Crippen molar-refractivity contribution in [2.45, 2.75) is 13.0 Å². The Morgan fingerprint density at radius 2 is 1.95 bits per heavy atom. The van der Waals surface area contributed by atoms with E-state index in [1.54, 1.807) is 49.4 Å². The zero-order valence-electron chi connectivity index (χ0n) is 22.3. The summed E-state index contributed by atoms with van der Waals surface area (Å²) in [6.07, 6.45) is 1.58. The third-order valence-electron chi connectivity index (χ3n) is 6.68. The summed E-state index contributed by atoms with van der Waals surface area (Å²) in [5.41, 5.74) is 1.32. The average molecular weight is 599 g/mol. The van der Waals surface area contributed by atoms with Crippen LogP contribution in [-0.2, 0) is 4.79 Å². The molecule has 0 saturated carbocycles. The lowest BCUT2D eigenvalue weighted by Gasteiger charge is -2.24. The fourth-order valence-corrected chi connectivity index (χ4v) is 6.60. The van der Waals surface area contributed by atoms with Crippen LogP contribution in [0.25, 0.3) is 17.4 Å². The van der Waals surface area contributed by atoms with Gasteiger partial charge in [0.15, 0.2) is 4.80 Å². The number of aromatic nitrogens is 1. The Kier molecular flexibility index (Phi) is 7.15. The smallest absolute Gasteiger partial charge is 0.284 e. The molecule has 1 aliphatic rings. The van der Waals surface area contributed by atoms with Gasteiger partial charge in [0.1, 0.15) is 23.3 Å². The highest BCUT2D eigenvalue weighted by atomic mass is 32.1. The zero-order valence-corrected chi connectivity index (χ0v) is 23.9. The van der Waals surface area contributed by atoms with E-state index in [4.69, 9.17) is 9.15 Å². The lowest BCUT2D eigenvalue weighted by Crippen LogP contribution is -2.40. The van der Waals surface area contributed by atoms with Crippen molar-refractivity contribution in [3.05, 3.63) is 130 Å². The van der Waals surface area contributed by atoms with Gasteiger partial charge < -0.3 is 14.5 Å². The Morgan fingerprint density at radius 1 is 1.14 bits per heavy atom. The molecule has 1 N–H and O–H groups in total. The molecule has 1 aliphatic heterocycles. The minimum Gasteiger partial charge on any atom is -0.497 e. The van der Waals surface area contributed by atoms with Crippen LogP contribution in [-0.4, -0.2) is 22.5 Å². The molecule has 210 valence electrons. The van der Waals surface area contributed by atoms with Gasteiger partial charge >= 0.3 is 0 Å². The number of nitrogens with one attached hydrogen (secondary N) is 1. The minimum absolute atomic E-state index is 0.164. The molecule has 2 aromatic carbocycles. The van der Waals surface area contributed by atoms with Crippen molar-refractivity contribution in [1.29, 1.82) is 0 Å². The summed E-state index contributed by atoms with van der Waals surface area (Å²) in [4.78, 5) is 44.5. The van der Waals surface area contributed by atoms with Gasteiger partial charge in [-0.05, 0) is 54.8 Å². The lowest BCUT2D eigenvalue weighted by molar-refractivity contribution is -0.384.